The van der Waals surface area contributed by atoms with Crippen molar-refractivity contribution in [3.63, 3.8) is 0 Å². The van der Waals surface area contributed by atoms with E-state index in [4.69, 9.17) is 9.15 Å². The number of methoxy groups -OCH3 is 1. The summed E-state index contributed by atoms with van der Waals surface area (Å²) in [6, 6.07) is 14.7. The van der Waals surface area contributed by atoms with Crippen LogP contribution in [0.3, 0.4) is 0 Å². The summed E-state index contributed by atoms with van der Waals surface area (Å²) in [4.78, 5) is 8.18. The minimum absolute atomic E-state index is 0.190. The molecule has 0 bridgehead atoms. The van der Waals surface area contributed by atoms with Crippen LogP contribution in [-0.2, 0) is 0 Å². The second-order valence-electron chi connectivity index (χ2n) is 4.81. The number of anilines is 1. The summed E-state index contributed by atoms with van der Waals surface area (Å²) in [5.74, 6) is 1.40. The quantitative estimate of drug-likeness (QED) is 0.387. The Morgan fingerprint density at radius 3 is 2.71 bits per heavy atom. The molecule has 3 rings (SSSR count). The molecule has 0 amide bonds. The van der Waals surface area contributed by atoms with Gasteiger partial charge in [-0.25, -0.2) is 15.5 Å². The van der Waals surface area contributed by atoms with Gasteiger partial charge in [-0.15, -0.1) is 0 Å². The largest absolute Gasteiger partial charge is 0.496 e. The summed E-state index contributed by atoms with van der Waals surface area (Å²) >= 11 is 0. The molecule has 1 aromatic heterocycles. The minimum atomic E-state index is 0.190. The number of rotatable bonds is 4. The van der Waals surface area contributed by atoms with E-state index >= 15 is 0 Å². The summed E-state index contributed by atoms with van der Waals surface area (Å²) in [5, 5.41) is 12.3. The predicted molar refractivity (Wildman–Crippen MR) is 90.6 cm³/mol. The first kappa shape index (κ1) is 15.6. The average Bonchev–Trinajstić information content (AvgIpc) is 3.16. The van der Waals surface area contributed by atoms with Crippen LogP contribution in [0.2, 0.25) is 0 Å². The average molecular weight is 324 g/mol. The molecule has 0 spiro atoms. The van der Waals surface area contributed by atoms with Crippen LogP contribution in [0.4, 0.5) is 11.4 Å². The summed E-state index contributed by atoms with van der Waals surface area (Å²) < 4.78 is 10.7. The van der Waals surface area contributed by atoms with Gasteiger partial charge < -0.3 is 14.5 Å². The summed E-state index contributed by atoms with van der Waals surface area (Å²) in [6.45, 7) is 0. The lowest BCUT2D eigenvalue weighted by Crippen LogP contribution is -2.27. The molecule has 1 heterocycles. The fourth-order valence-corrected chi connectivity index (χ4v) is 2.17. The van der Waals surface area contributed by atoms with Crippen molar-refractivity contribution in [1.82, 2.24) is 10.5 Å². The van der Waals surface area contributed by atoms with Crippen molar-refractivity contribution in [3.8, 4) is 17.1 Å². The molecule has 2 aromatic carbocycles. The van der Waals surface area contributed by atoms with E-state index < -0.39 is 0 Å². The van der Waals surface area contributed by atoms with E-state index in [2.05, 4.69) is 15.3 Å². The number of hydrogen-bond acceptors (Lipinski definition) is 5. The van der Waals surface area contributed by atoms with Crippen molar-refractivity contribution in [1.29, 1.82) is 0 Å². The molecule has 0 saturated carbocycles. The second-order valence-corrected chi connectivity index (χ2v) is 4.81. The molecule has 0 aliphatic carbocycles. The number of para-hydroxylation sites is 1. The Balaban J connectivity index is 1.85. The lowest BCUT2D eigenvalue weighted by molar-refractivity contribution is 0.234. The van der Waals surface area contributed by atoms with Crippen LogP contribution in [0.15, 0.2) is 70.5 Å². The van der Waals surface area contributed by atoms with Crippen molar-refractivity contribution in [3.05, 3.63) is 61.1 Å². The van der Waals surface area contributed by atoms with Crippen LogP contribution in [0.25, 0.3) is 11.3 Å². The number of benzene rings is 2. The number of hydroxylamine groups is 1. The second kappa shape index (κ2) is 7.30. The van der Waals surface area contributed by atoms with Gasteiger partial charge in [0.2, 0.25) is 5.96 Å². The van der Waals surface area contributed by atoms with E-state index in [0.717, 1.165) is 5.56 Å². The smallest absolute Gasteiger partial charge is 0.225 e. The molecular weight excluding hydrogens is 308 g/mol. The number of hydrogen-bond donors (Lipinski definition) is 3. The number of aliphatic imine (C=N–C) groups is 1. The van der Waals surface area contributed by atoms with Crippen LogP contribution in [-0.4, -0.2) is 23.3 Å². The molecule has 0 atom stereocenters. The predicted octanol–water partition coefficient (Wildman–Crippen LogP) is 3.43. The molecule has 0 aliphatic rings. The Hall–Kier alpha value is -3.32. The van der Waals surface area contributed by atoms with E-state index in [1.54, 1.807) is 19.4 Å². The lowest BCUT2D eigenvalue weighted by Gasteiger charge is -2.12. The van der Waals surface area contributed by atoms with Crippen molar-refractivity contribution >= 4 is 17.3 Å². The number of nitrogens with zero attached hydrogens (tertiary/aromatic N) is 2. The highest BCUT2D eigenvalue weighted by Gasteiger charge is 2.10. The van der Waals surface area contributed by atoms with Crippen LogP contribution >= 0.6 is 0 Å². The highest BCUT2D eigenvalue weighted by atomic mass is 16.5. The molecule has 0 fully saturated rings. The Kier molecular flexibility index (Phi) is 4.73. The van der Waals surface area contributed by atoms with Crippen LogP contribution in [0, 0.1) is 0 Å². The summed E-state index contributed by atoms with van der Waals surface area (Å²) in [5.41, 5.74) is 4.21. The van der Waals surface area contributed by atoms with Crippen molar-refractivity contribution in [2.45, 2.75) is 0 Å². The van der Waals surface area contributed by atoms with Crippen molar-refractivity contribution < 1.29 is 14.4 Å². The number of ether oxygens (including phenoxy) is 1. The van der Waals surface area contributed by atoms with Crippen LogP contribution in [0.1, 0.15) is 0 Å². The van der Waals surface area contributed by atoms with Gasteiger partial charge in [-0.2, -0.15) is 0 Å². The maximum Gasteiger partial charge on any atom is 0.225 e. The summed E-state index contributed by atoms with van der Waals surface area (Å²) in [7, 11) is 1.57. The molecule has 3 aromatic rings. The van der Waals surface area contributed by atoms with E-state index in [9.17, 15) is 5.21 Å². The Morgan fingerprint density at radius 2 is 2.04 bits per heavy atom. The molecular formula is C17H16N4O3. The standard InChI is InChI=1S/C17H16N4O3/c1-23-15-9-13(7-8-14(15)16-10-18-11-24-16)20-17(21-22)19-12-5-3-2-4-6-12/h2-11,22H,1H3,(H2,19,20,21). The van der Waals surface area contributed by atoms with Crippen molar-refractivity contribution in [2.75, 3.05) is 12.4 Å². The SMILES string of the molecule is COc1cc(NC(=Nc2ccccc2)NO)ccc1-c1cnco1. The number of oxazole rings is 1. The van der Waals surface area contributed by atoms with E-state index in [-0.39, 0.29) is 5.96 Å². The number of guanidine groups is 1. The zero-order valence-electron chi connectivity index (χ0n) is 12.9. The third-order valence-electron chi connectivity index (χ3n) is 3.27. The maximum absolute atomic E-state index is 9.28. The van der Waals surface area contributed by atoms with Gasteiger partial charge in [0, 0.05) is 11.8 Å². The molecule has 0 aliphatic heterocycles. The monoisotopic (exact) mass is 324 g/mol. The lowest BCUT2D eigenvalue weighted by atomic mass is 10.1. The van der Waals surface area contributed by atoms with Gasteiger partial charge in [-0.3, -0.25) is 5.21 Å². The fraction of sp³-hybridized carbons (Fsp3) is 0.0588. The van der Waals surface area contributed by atoms with E-state index in [1.165, 1.54) is 6.39 Å². The first-order valence-corrected chi connectivity index (χ1v) is 7.18. The molecule has 3 N–H and O–H groups in total. The highest BCUT2D eigenvalue weighted by Crippen LogP contribution is 2.32. The van der Waals surface area contributed by atoms with Gasteiger partial charge in [-0.1, -0.05) is 18.2 Å². The zero-order valence-corrected chi connectivity index (χ0v) is 12.9. The van der Waals surface area contributed by atoms with Gasteiger partial charge in [0.15, 0.2) is 12.2 Å². The minimum Gasteiger partial charge on any atom is -0.496 e. The molecule has 0 radical (unpaired) electrons. The first-order chi connectivity index (χ1) is 11.8. The molecule has 7 heteroatoms. The van der Waals surface area contributed by atoms with E-state index in [0.29, 0.717) is 22.9 Å². The third kappa shape index (κ3) is 3.53. The van der Waals surface area contributed by atoms with Gasteiger partial charge >= 0.3 is 0 Å². The van der Waals surface area contributed by atoms with Gasteiger partial charge in [0.1, 0.15) is 5.75 Å². The highest BCUT2D eigenvalue weighted by molar-refractivity contribution is 5.95. The Labute approximate surface area is 138 Å². The molecule has 0 unspecified atom stereocenters. The van der Waals surface area contributed by atoms with Crippen LogP contribution < -0.4 is 15.5 Å². The van der Waals surface area contributed by atoms with Gasteiger partial charge in [-0.05, 0) is 24.3 Å². The maximum atomic E-state index is 9.28. The molecule has 122 valence electrons. The van der Waals surface area contributed by atoms with Crippen molar-refractivity contribution in [2.24, 2.45) is 4.99 Å². The molecule has 0 saturated heterocycles. The Morgan fingerprint density at radius 1 is 1.21 bits per heavy atom. The van der Waals surface area contributed by atoms with Crippen LogP contribution in [0.5, 0.6) is 5.75 Å². The number of nitrogens with one attached hydrogen (secondary N) is 2. The Bertz CT molecular complexity index is 817. The topological polar surface area (TPSA) is 91.9 Å². The van der Waals surface area contributed by atoms with Gasteiger partial charge in [0.05, 0.1) is 24.6 Å². The zero-order chi connectivity index (χ0) is 16.8. The first-order valence-electron chi connectivity index (χ1n) is 7.18. The fourth-order valence-electron chi connectivity index (χ4n) is 2.17. The molecule has 7 nitrogen and oxygen atoms in total. The summed E-state index contributed by atoms with van der Waals surface area (Å²) in [6.07, 6.45) is 2.98. The van der Waals surface area contributed by atoms with E-state index in [1.807, 2.05) is 47.9 Å². The third-order valence-corrected chi connectivity index (χ3v) is 3.27. The normalized spacial score (nSPS) is 11.2. The number of aromatic nitrogens is 1. The van der Waals surface area contributed by atoms with Gasteiger partial charge in [0.25, 0.3) is 0 Å². The molecule has 24 heavy (non-hydrogen) atoms.